The Morgan fingerprint density at radius 1 is 1.25 bits per heavy atom. The van der Waals surface area contributed by atoms with Gasteiger partial charge in [-0.2, -0.15) is 0 Å². The Labute approximate surface area is 118 Å². The second kappa shape index (κ2) is 6.41. The first-order valence-corrected chi connectivity index (χ1v) is 6.94. The summed E-state index contributed by atoms with van der Waals surface area (Å²) in [5.74, 6) is -0.973. The fraction of sp³-hybridized carbons (Fsp3) is 0.467. The second-order valence-corrected chi connectivity index (χ2v) is 5.08. The van der Waals surface area contributed by atoms with Gasteiger partial charge in [0.1, 0.15) is 6.54 Å². The summed E-state index contributed by atoms with van der Waals surface area (Å²) in [6.45, 7) is 2.28. The zero-order valence-electron chi connectivity index (χ0n) is 11.6. The van der Waals surface area contributed by atoms with E-state index in [1.54, 1.807) is 0 Å². The zero-order valence-corrected chi connectivity index (χ0v) is 11.6. The van der Waals surface area contributed by atoms with Crippen molar-refractivity contribution < 1.29 is 14.7 Å². The molecule has 0 saturated heterocycles. The molecule has 108 valence electrons. The van der Waals surface area contributed by atoms with Crippen LogP contribution in [0.3, 0.4) is 0 Å². The van der Waals surface area contributed by atoms with Gasteiger partial charge in [0.25, 0.3) is 0 Å². The highest BCUT2D eigenvalue weighted by Gasteiger charge is 2.33. The standard InChI is InChI=1S/C15H20N2O3/c1-2-11-3-5-12(6-4-11)9-16-15(20)17(10-14(18)19)13-7-8-13/h3-6,13H,2,7-10H2,1H3,(H,16,20)(H,18,19). The molecule has 0 bridgehead atoms. The van der Waals surface area contributed by atoms with Crippen molar-refractivity contribution in [1.82, 2.24) is 10.2 Å². The average molecular weight is 276 g/mol. The number of nitrogens with one attached hydrogen (secondary N) is 1. The minimum absolute atomic E-state index is 0.0913. The molecule has 0 heterocycles. The van der Waals surface area contributed by atoms with Gasteiger partial charge in [0, 0.05) is 12.6 Å². The molecule has 20 heavy (non-hydrogen) atoms. The number of urea groups is 1. The van der Waals surface area contributed by atoms with E-state index in [1.165, 1.54) is 10.5 Å². The number of hydrogen-bond acceptors (Lipinski definition) is 2. The number of aliphatic carboxylic acids is 1. The maximum absolute atomic E-state index is 12.0. The van der Waals surface area contributed by atoms with Crippen LogP contribution < -0.4 is 5.32 Å². The number of carboxylic acids is 1. The summed E-state index contributed by atoms with van der Waals surface area (Å²) in [5, 5.41) is 11.6. The minimum atomic E-state index is -0.973. The summed E-state index contributed by atoms with van der Waals surface area (Å²) in [4.78, 5) is 24.2. The zero-order chi connectivity index (χ0) is 14.5. The molecule has 2 N–H and O–H groups in total. The lowest BCUT2D eigenvalue weighted by Gasteiger charge is -2.20. The van der Waals surface area contributed by atoms with Gasteiger partial charge in [-0.05, 0) is 30.4 Å². The van der Waals surface area contributed by atoms with Crippen molar-refractivity contribution in [3.05, 3.63) is 35.4 Å². The van der Waals surface area contributed by atoms with E-state index in [2.05, 4.69) is 12.2 Å². The normalized spacial score (nSPS) is 13.8. The van der Waals surface area contributed by atoms with Crippen LogP contribution in [0.25, 0.3) is 0 Å². The summed E-state index contributed by atoms with van der Waals surface area (Å²) in [6, 6.07) is 7.84. The Morgan fingerprint density at radius 2 is 1.85 bits per heavy atom. The fourth-order valence-electron chi connectivity index (χ4n) is 2.07. The molecule has 5 heteroatoms. The van der Waals surface area contributed by atoms with Crippen molar-refractivity contribution in [2.24, 2.45) is 0 Å². The molecule has 1 aliphatic carbocycles. The van der Waals surface area contributed by atoms with E-state index in [-0.39, 0.29) is 18.6 Å². The number of amides is 2. The Bertz CT molecular complexity index is 480. The first-order valence-electron chi connectivity index (χ1n) is 6.94. The van der Waals surface area contributed by atoms with Crippen molar-refractivity contribution in [3.63, 3.8) is 0 Å². The SMILES string of the molecule is CCc1ccc(CNC(=O)N(CC(=O)O)C2CC2)cc1. The van der Waals surface area contributed by atoms with E-state index in [9.17, 15) is 9.59 Å². The first kappa shape index (κ1) is 14.4. The van der Waals surface area contributed by atoms with Gasteiger partial charge in [-0.1, -0.05) is 31.2 Å². The molecule has 0 aromatic heterocycles. The molecular formula is C15H20N2O3. The summed E-state index contributed by atoms with van der Waals surface area (Å²) < 4.78 is 0. The van der Waals surface area contributed by atoms with Crippen LogP contribution in [-0.2, 0) is 17.8 Å². The van der Waals surface area contributed by atoms with Crippen molar-refractivity contribution in [2.75, 3.05) is 6.54 Å². The Morgan fingerprint density at radius 3 is 2.35 bits per heavy atom. The van der Waals surface area contributed by atoms with Crippen LogP contribution in [0.2, 0.25) is 0 Å². The first-order chi connectivity index (χ1) is 9.60. The number of carbonyl (C=O) groups is 2. The smallest absolute Gasteiger partial charge is 0.323 e. The molecule has 1 aromatic carbocycles. The molecule has 1 saturated carbocycles. The molecule has 0 atom stereocenters. The lowest BCUT2D eigenvalue weighted by molar-refractivity contribution is -0.137. The number of rotatable bonds is 6. The van der Waals surface area contributed by atoms with Gasteiger partial charge in [0.05, 0.1) is 0 Å². The van der Waals surface area contributed by atoms with Gasteiger partial charge in [-0.25, -0.2) is 4.79 Å². The van der Waals surface area contributed by atoms with Crippen molar-refractivity contribution >= 4 is 12.0 Å². The highest BCUT2D eigenvalue weighted by Crippen LogP contribution is 2.26. The molecule has 1 fully saturated rings. The number of benzene rings is 1. The van der Waals surface area contributed by atoms with E-state index in [0.717, 1.165) is 24.8 Å². The van der Waals surface area contributed by atoms with Gasteiger partial charge in [0.2, 0.25) is 0 Å². The number of carbonyl (C=O) groups excluding carboxylic acids is 1. The molecule has 0 radical (unpaired) electrons. The molecule has 5 nitrogen and oxygen atoms in total. The van der Waals surface area contributed by atoms with Crippen LogP contribution in [0.15, 0.2) is 24.3 Å². The maximum atomic E-state index is 12.0. The third-order valence-electron chi connectivity index (χ3n) is 3.43. The molecular weight excluding hydrogens is 256 g/mol. The van der Waals surface area contributed by atoms with Crippen LogP contribution in [0.5, 0.6) is 0 Å². The number of nitrogens with zero attached hydrogens (tertiary/aromatic N) is 1. The lowest BCUT2D eigenvalue weighted by atomic mass is 10.1. The number of carboxylic acid groups (broad SMARTS) is 1. The molecule has 2 rings (SSSR count). The molecule has 1 aliphatic rings. The van der Waals surface area contributed by atoms with E-state index in [0.29, 0.717) is 6.54 Å². The van der Waals surface area contributed by atoms with Crippen molar-refractivity contribution in [2.45, 2.75) is 38.8 Å². The van der Waals surface area contributed by atoms with Crippen LogP contribution >= 0.6 is 0 Å². The summed E-state index contributed by atoms with van der Waals surface area (Å²) in [5.41, 5.74) is 2.27. The molecule has 0 unspecified atom stereocenters. The highest BCUT2D eigenvalue weighted by atomic mass is 16.4. The number of aryl methyl sites for hydroxylation is 1. The third kappa shape index (κ3) is 3.98. The Kier molecular flexibility index (Phi) is 4.61. The summed E-state index contributed by atoms with van der Waals surface area (Å²) in [7, 11) is 0. The largest absolute Gasteiger partial charge is 0.480 e. The van der Waals surface area contributed by atoms with Crippen LogP contribution in [-0.4, -0.2) is 34.6 Å². The van der Waals surface area contributed by atoms with Gasteiger partial charge >= 0.3 is 12.0 Å². The van der Waals surface area contributed by atoms with Gasteiger partial charge in [0.15, 0.2) is 0 Å². The predicted octanol–water partition coefficient (Wildman–Crippen LogP) is 2.01. The van der Waals surface area contributed by atoms with Crippen molar-refractivity contribution in [1.29, 1.82) is 0 Å². The quantitative estimate of drug-likeness (QED) is 0.835. The Balaban J connectivity index is 1.87. The maximum Gasteiger partial charge on any atom is 0.323 e. The molecule has 0 spiro atoms. The van der Waals surface area contributed by atoms with Gasteiger partial charge < -0.3 is 15.3 Å². The molecule has 0 aliphatic heterocycles. The van der Waals surface area contributed by atoms with Gasteiger partial charge in [-0.15, -0.1) is 0 Å². The highest BCUT2D eigenvalue weighted by molar-refractivity contribution is 5.80. The van der Waals surface area contributed by atoms with Crippen LogP contribution in [0, 0.1) is 0 Å². The second-order valence-electron chi connectivity index (χ2n) is 5.08. The minimum Gasteiger partial charge on any atom is -0.480 e. The predicted molar refractivity (Wildman–Crippen MR) is 75.4 cm³/mol. The van der Waals surface area contributed by atoms with Gasteiger partial charge in [-0.3, -0.25) is 4.79 Å². The topological polar surface area (TPSA) is 69.6 Å². The summed E-state index contributed by atoms with van der Waals surface area (Å²) in [6.07, 6.45) is 2.78. The average Bonchev–Trinajstić information content (AvgIpc) is 3.27. The van der Waals surface area contributed by atoms with Crippen LogP contribution in [0.1, 0.15) is 30.9 Å². The van der Waals surface area contributed by atoms with E-state index in [4.69, 9.17) is 5.11 Å². The van der Waals surface area contributed by atoms with E-state index in [1.807, 2.05) is 24.3 Å². The summed E-state index contributed by atoms with van der Waals surface area (Å²) >= 11 is 0. The van der Waals surface area contributed by atoms with Crippen molar-refractivity contribution in [3.8, 4) is 0 Å². The number of hydrogen-bond donors (Lipinski definition) is 2. The lowest BCUT2D eigenvalue weighted by Crippen LogP contribution is -2.43. The molecule has 2 amide bonds. The fourth-order valence-corrected chi connectivity index (χ4v) is 2.07. The monoisotopic (exact) mass is 276 g/mol. The third-order valence-corrected chi connectivity index (χ3v) is 3.43. The van der Waals surface area contributed by atoms with E-state index >= 15 is 0 Å². The van der Waals surface area contributed by atoms with Crippen LogP contribution in [0.4, 0.5) is 4.79 Å². The van der Waals surface area contributed by atoms with E-state index < -0.39 is 5.97 Å². The molecule has 1 aromatic rings. The Hall–Kier alpha value is -2.04.